The number of aromatic nitrogens is 2. The third-order valence-corrected chi connectivity index (χ3v) is 3.17. The van der Waals surface area contributed by atoms with Crippen LogP contribution in [0.15, 0.2) is 48.8 Å². The molecule has 0 amide bonds. The van der Waals surface area contributed by atoms with E-state index in [1.165, 1.54) is 16.7 Å². The number of pyridine rings is 1. The number of aryl methyl sites for hydroxylation is 2. The van der Waals surface area contributed by atoms with Gasteiger partial charge in [0.1, 0.15) is 5.65 Å². The number of rotatable bonds is 1. The first-order chi connectivity index (χ1) is 8.24. The molecule has 0 saturated heterocycles. The Morgan fingerprint density at radius 2 is 1.83 bits per heavy atom. The van der Waals surface area contributed by atoms with E-state index in [4.69, 9.17) is 0 Å². The van der Waals surface area contributed by atoms with Gasteiger partial charge in [-0.2, -0.15) is 0 Å². The molecular formula is C15H15BrN2. The second kappa shape index (κ2) is 4.94. The summed E-state index contributed by atoms with van der Waals surface area (Å²) in [7, 11) is 0. The fourth-order valence-corrected chi connectivity index (χ4v) is 1.97. The minimum absolute atomic E-state index is 0. The molecule has 0 atom stereocenters. The van der Waals surface area contributed by atoms with Gasteiger partial charge < -0.3 is 4.40 Å². The molecule has 0 bridgehead atoms. The number of halogens is 1. The van der Waals surface area contributed by atoms with Crippen LogP contribution in [0.4, 0.5) is 0 Å². The summed E-state index contributed by atoms with van der Waals surface area (Å²) in [5.74, 6) is 0. The Morgan fingerprint density at radius 1 is 1.00 bits per heavy atom. The largest absolute Gasteiger partial charge is 0.306 e. The molecule has 0 spiro atoms. The summed E-state index contributed by atoms with van der Waals surface area (Å²) in [6.45, 7) is 4.26. The van der Waals surface area contributed by atoms with Crippen LogP contribution >= 0.6 is 17.0 Å². The molecule has 0 aliphatic rings. The first-order valence-electron chi connectivity index (χ1n) is 5.75. The summed E-state index contributed by atoms with van der Waals surface area (Å²) in [5.41, 5.74) is 5.81. The van der Waals surface area contributed by atoms with Gasteiger partial charge in [-0.25, -0.2) is 4.98 Å². The van der Waals surface area contributed by atoms with E-state index in [1.807, 2.05) is 28.8 Å². The van der Waals surface area contributed by atoms with E-state index in [0.29, 0.717) is 0 Å². The lowest BCUT2D eigenvalue weighted by atomic mass is 10.1. The molecule has 3 heteroatoms. The second-order valence-corrected chi connectivity index (χ2v) is 4.39. The fourth-order valence-electron chi connectivity index (χ4n) is 1.97. The van der Waals surface area contributed by atoms with Gasteiger partial charge in [-0.05, 0) is 43.2 Å². The highest BCUT2D eigenvalue weighted by Gasteiger charge is 2.04. The van der Waals surface area contributed by atoms with Gasteiger partial charge in [-0.3, -0.25) is 0 Å². The quantitative estimate of drug-likeness (QED) is 0.658. The zero-order chi connectivity index (χ0) is 11.8. The van der Waals surface area contributed by atoms with Crippen molar-refractivity contribution in [2.24, 2.45) is 0 Å². The third-order valence-electron chi connectivity index (χ3n) is 3.17. The molecule has 0 radical (unpaired) electrons. The molecule has 0 unspecified atom stereocenters. The maximum absolute atomic E-state index is 4.62. The molecule has 0 aliphatic carbocycles. The second-order valence-electron chi connectivity index (χ2n) is 4.39. The van der Waals surface area contributed by atoms with Crippen molar-refractivity contribution >= 4 is 22.6 Å². The van der Waals surface area contributed by atoms with Crippen LogP contribution in [-0.4, -0.2) is 9.38 Å². The molecule has 0 aliphatic heterocycles. The molecule has 18 heavy (non-hydrogen) atoms. The maximum atomic E-state index is 4.62. The lowest BCUT2D eigenvalue weighted by Crippen LogP contribution is -1.83. The van der Waals surface area contributed by atoms with Gasteiger partial charge in [-0.1, -0.05) is 18.2 Å². The van der Waals surface area contributed by atoms with Gasteiger partial charge in [0.2, 0.25) is 0 Å². The molecule has 3 aromatic rings. The molecule has 3 rings (SSSR count). The van der Waals surface area contributed by atoms with E-state index >= 15 is 0 Å². The number of hydrogen-bond donors (Lipinski definition) is 0. The summed E-state index contributed by atoms with van der Waals surface area (Å²) in [6, 6.07) is 12.5. The highest BCUT2D eigenvalue weighted by Crippen LogP contribution is 2.21. The Hall–Kier alpha value is -1.61. The molecule has 2 aromatic heterocycles. The minimum Gasteiger partial charge on any atom is -0.306 e. The molecule has 1 aromatic carbocycles. The first kappa shape index (κ1) is 12.8. The van der Waals surface area contributed by atoms with Crippen molar-refractivity contribution in [1.29, 1.82) is 0 Å². The zero-order valence-electron chi connectivity index (χ0n) is 10.4. The Bertz CT molecular complexity index is 653. The summed E-state index contributed by atoms with van der Waals surface area (Å²) < 4.78 is 2.05. The highest BCUT2D eigenvalue weighted by molar-refractivity contribution is 8.93. The molecular weight excluding hydrogens is 288 g/mol. The van der Waals surface area contributed by atoms with Crippen molar-refractivity contribution in [2.45, 2.75) is 13.8 Å². The smallest absolute Gasteiger partial charge is 0.137 e. The van der Waals surface area contributed by atoms with Crippen LogP contribution < -0.4 is 0 Å². The molecule has 2 nitrogen and oxygen atoms in total. The average molecular weight is 303 g/mol. The van der Waals surface area contributed by atoms with E-state index in [-0.39, 0.29) is 17.0 Å². The lowest BCUT2D eigenvalue weighted by molar-refractivity contribution is 1.19. The SMILES string of the molecule is Br.Cc1ccc(-c2cn3ccccc3n2)cc1C. The Balaban J connectivity index is 0.00000120. The van der Waals surface area contributed by atoms with Crippen molar-refractivity contribution in [3.05, 3.63) is 59.9 Å². The van der Waals surface area contributed by atoms with E-state index in [1.54, 1.807) is 0 Å². The van der Waals surface area contributed by atoms with Gasteiger partial charge in [-0.15, -0.1) is 17.0 Å². The molecule has 92 valence electrons. The Labute approximate surface area is 117 Å². The average Bonchev–Trinajstić information content (AvgIpc) is 2.76. The van der Waals surface area contributed by atoms with Gasteiger partial charge >= 0.3 is 0 Å². The molecule has 0 N–H and O–H groups in total. The van der Waals surface area contributed by atoms with Crippen LogP contribution in [-0.2, 0) is 0 Å². The molecule has 2 heterocycles. The van der Waals surface area contributed by atoms with E-state index in [9.17, 15) is 0 Å². The third kappa shape index (κ3) is 2.18. The molecule has 0 fully saturated rings. The van der Waals surface area contributed by atoms with Crippen molar-refractivity contribution in [3.8, 4) is 11.3 Å². The lowest BCUT2D eigenvalue weighted by Gasteiger charge is -2.01. The first-order valence-corrected chi connectivity index (χ1v) is 5.75. The highest BCUT2D eigenvalue weighted by atomic mass is 79.9. The van der Waals surface area contributed by atoms with Crippen molar-refractivity contribution < 1.29 is 0 Å². The normalized spacial score (nSPS) is 10.3. The van der Waals surface area contributed by atoms with Crippen LogP contribution in [0.5, 0.6) is 0 Å². The number of fused-ring (bicyclic) bond motifs is 1. The van der Waals surface area contributed by atoms with E-state index < -0.39 is 0 Å². The number of hydrogen-bond acceptors (Lipinski definition) is 1. The van der Waals surface area contributed by atoms with Crippen molar-refractivity contribution in [3.63, 3.8) is 0 Å². The summed E-state index contributed by atoms with van der Waals surface area (Å²) in [5, 5.41) is 0. The van der Waals surface area contributed by atoms with Crippen molar-refractivity contribution in [1.82, 2.24) is 9.38 Å². The van der Waals surface area contributed by atoms with Crippen LogP contribution in [0.2, 0.25) is 0 Å². The Morgan fingerprint density at radius 3 is 2.56 bits per heavy atom. The minimum atomic E-state index is 0. The van der Waals surface area contributed by atoms with E-state index in [2.05, 4.69) is 43.2 Å². The number of imidazole rings is 1. The van der Waals surface area contributed by atoms with Gasteiger partial charge in [0.05, 0.1) is 5.69 Å². The summed E-state index contributed by atoms with van der Waals surface area (Å²) in [4.78, 5) is 4.62. The predicted molar refractivity (Wildman–Crippen MR) is 80.4 cm³/mol. The van der Waals surface area contributed by atoms with Crippen LogP contribution in [0.25, 0.3) is 16.9 Å². The van der Waals surface area contributed by atoms with Crippen LogP contribution in [0, 0.1) is 13.8 Å². The Kier molecular flexibility index (Phi) is 3.53. The maximum Gasteiger partial charge on any atom is 0.137 e. The summed E-state index contributed by atoms with van der Waals surface area (Å²) >= 11 is 0. The van der Waals surface area contributed by atoms with E-state index in [0.717, 1.165) is 11.3 Å². The standard InChI is InChI=1S/C15H14N2.BrH/c1-11-6-7-13(9-12(11)2)14-10-17-8-4-3-5-15(17)16-14;/h3-10H,1-2H3;1H. The number of nitrogens with zero attached hydrogens (tertiary/aromatic N) is 2. The van der Waals surface area contributed by atoms with Crippen LogP contribution in [0.3, 0.4) is 0 Å². The fraction of sp³-hybridized carbons (Fsp3) is 0.133. The van der Waals surface area contributed by atoms with Gasteiger partial charge in [0, 0.05) is 18.0 Å². The van der Waals surface area contributed by atoms with Gasteiger partial charge in [0.25, 0.3) is 0 Å². The monoisotopic (exact) mass is 302 g/mol. The number of benzene rings is 1. The molecule has 0 saturated carbocycles. The predicted octanol–water partition coefficient (Wildman–Crippen LogP) is 4.20. The van der Waals surface area contributed by atoms with Crippen molar-refractivity contribution in [2.75, 3.05) is 0 Å². The summed E-state index contributed by atoms with van der Waals surface area (Å²) in [6.07, 6.45) is 4.09. The topological polar surface area (TPSA) is 17.3 Å². The van der Waals surface area contributed by atoms with Gasteiger partial charge in [0.15, 0.2) is 0 Å². The zero-order valence-corrected chi connectivity index (χ0v) is 12.1. The van der Waals surface area contributed by atoms with Crippen LogP contribution in [0.1, 0.15) is 11.1 Å².